The fourth-order valence-electron chi connectivity index (χ4n) is 4.34. The van der Waals surface area contributed by atoms with E-state index < -0.39 is 59.6 Å². The maximum atomic E-state index is 13.4. The molecule has 2 saturated heterocycles. The summed E-state index contributed by atoms with van der Waals surface area (Å²) in [6, 6.07) is 5.80. The molecule has 162 valence electrons. The monoisotopic (exact) mass is 429 g/mol. The molecule has 0 spiro atoms. The van der Waals surface area contributed by atoms with Gasteiger partial charge in [-0.05, 0) is 30.3 Å². The Bertz CT molecular complexity index is 998. The van der Waals surface area contributed by atoms with Crippen LogP contribution in [0.25, 0.3) is 0 Å². The second-order valence-electron chi connectivity index (χ2n) is 7.40. The molecule has 0 aliphatic carbocycles. The number of carbonyl (C=O) groups is 5. The molecule has 0 radical (unpaired) electrons. The third-order valence-corrected chi connectivity index (χ3v) is 5.54. The number of amides is 2. The minimum absolute atomic E-state index is 0.261. The van der Waals surface area contributed by atoms with Crippen molar-refractivity contribution in [2.24, 2.45) is 11.8 Å². The Hall–Kier alpha value is -3.53. The Labute approximate surface area is 176 Å². The average Bonchev–Trinajstić information content (AvgIpc) is 3.37. The third-order valence-electron chi connectivity index (χ3n) is 5.54. The quantitative estimate of drug-likeness (QED) is 0.288. The first-order chi connectivity index (χ1) is 14.7. The van der Waals surface area contributed by atoms with E-state index in [1.54, 1.807) is 6.08 Å². The van der Waals surface area contributed by atoms with Crippen LogP contribution in [-0.4, -0.2) is 54.8 Å². The Balaban J connectivity index is 1.69. The van der Waals surface area contributed by atoms with Crippen LogP contribution in [0, 0.1) is 11.8 Å². The van der Waals surface area contributed by atoms with E-state index in [0.29, 0.717) is 0 Å². The van der Waals surface area contributed by atoms with Crippen molar-refractivity contribution < 1.29 is 42.9 Å². The van der Waals surface area contributed by atoms with E-state index in [2.05, 4.69) is 4.74 Å². The fraction of sp³-hybridized carbons (Fsp3) is 0.381. The number of imide groups is 1. The summed E-state index contributed by atoms with van der Waals surface area (Å²) in [5.74, 6) is -5.04. The summed E-state index contributed by atoms with van der Waals surface area (Å²) < 4.78 is 20.9. The van der Waals surface area contributed by atoms with Crippen LogP contribution in [0.2, 0.25) is 0 Å². The summed E-state index contributed by atoms with van der Waals surface area (Å²) in [5.41, 5.74) is -1.08. The Morgan fingerprint density at radius 3 is 2.19 bits per heavy atom. The summed E-state index contributed by atoms with van der Waals surface area (Å²) in [6.45, 7) is 2.26. The maximum Gasteiger partial charge on any atom is 0.337 e. The highest BCUT2D eigenvalue weighted by atomic mass is 16.7. The molecule has 0 saturated carbocycles. The summed E-state index contributed by atoms with van der Waals surface area (Å²) in [7, 11) is 1.25. The normalized spacial score (nSPS) is 28.1. The first kappa shape index (κ1) is 20.7. The molecule has 0 aromatic heterocycles. The van der Waals surface area contributed by atoms with E-state index >= 15 is 0 Å². The van der Waals surface area contributed by atoms with E-state index in [1.807, 2.05) is 0 Å². The number of fused-ring (bicyclic) bond motifs is 5. The van der Waals surface area contributed by atoms with Crippen LogP contribution in [0.15, 0.2) is 36.4 Å². The van der Waals surface area contributed by atoms with E-state index in [9.17, 15) is 24.0 Å². The van der Waals surface area contributed by atoms with Crippen LogP contribution in [0.4, 0.5) is 5.69 Å². The zero-order valence-corrected chi connectivity index (χ0v) is 16.9. The van der Waals surface area contributed by atoms with Crippen LogP contribution >= 0.6 is 0 Å². The summed E-state index contributed by atoms with van der Waals surface area (Å²) in [5, 5.41) is 0. The van der Waals surface area contributed by atoms with Crippen LogP contribution in [-0.2, 0) is 38.1 Å². The SMILES string of the molecule is COC(=O)c1ccc(N2C(=O)[C@@H]3[C@H]4C=C[C@@](C(OC(C)=O)OC(C)=O)(O4)[C@H]3C2=O)cc1. The van der Waals surface area contributed by atoms with E-state index in [1.165, 1.54) is 37.5 Å². The van der Waals surface area contributed by atoms with E-state index in [4.69, 9.17) is 14.2 Å². The molecular weight excluding hydrogens is 410 g/mol. The molecule has 1 aromatic carbocycles. The summed E-state index contributed by atoms with van der Waals surface area (Å²) in [4.78, 5) is 62.4. The number of methoxy groups -OCH3 is 1. The van der Waals surface area contributed by atoms with Crippen LogP contribution in [0.5, 0.6) is 0 Å². The molecule has 4 rings (SSSR count). The molecule has 10 heteroatoms. The summed E-state index contributed by atoms with van der Waals surface area (Å²) >= 11 is 0. The lowest BCUT2D eigenvalue weighted by molar-refractivity contribution is -0.226. The van der Waals surface area contributed by atoms with E-state index in [-0.39, 0.29) is 11.3 Å². The number of hydrogen-bond acceptors (Lipinski definition) is 9. The lowest BCUT2D eigenvalue weighted by Gasteiger charge is -2.34. The number of esters is 3. The highest BCUT2D eigenvalue weighted by Gasteiger charge is 2.72. The average molecular weight is 429 g/mol. The van der Waals surface area contributed by atoms with Gasteiger partial charge in [0.15, 0.2) is 5.60 Å². The van der Waals surface area contributed by atoms with Gasteiger partial charge in [-0.3, -0.25) is 19.2 Å². The number of hydrogen-bond donors (Lipinski definition) is 0. The first-order valence-corrected chi connectivity index (χ1v) is 9.47. The molecule has 0 N–H and O–H groups in total. The van der Waals surface area contributed by atoms with Crippen LogP contribution < -0.4 is 4.90 Å². The molecule has 10 nitrogen and oxygen atoms in total. The van der Waals surface area contributed by atoms with Gasteiger partial charge in [0, 0.05) is 13.8 Å². The number of rotatable bonds is 5. The minimum atomic E-state index is -1.61. The molecule has 2 fully saturated rings. The van der Waals surface area contributed by atoms with Gasteiger partial charge in [-0.25, -0.2) is 9.69 Å². The van der Waals surface area contributed by atoms with Crippen molar-refractivity contribution in [2.45, 2.75) is 31.8 Å². The van der Waals surface area contributed by atoms with Crippen LogP contribution in [0.3, 0.4) is 0 Å². The van der Waals surface area contributed by atoms with Crippen molar-refractivity contribution in [3.05, 3.63) is 42.0 Å². The Morgan fingerprint density at radius 1 is 1.03 bits per heavy atom. The van der Waals surface area contributed by atoms with Gasteiger partial charge in [0.1, 0.15) is 0 Å². The highest BCUT2D eigenvalue weighted by molar-refractivity contribution is 6.23. The van der Waals surface area contributed by atoms with Crippen molar-refractivity contribution in [3.63, 3.8) is 0 Å². The number of carbonyl (C=O) groups excluding carboxylic acids is 5. The maximum absolute atomic E-state index is 13.4. The molecule has 2 amide bonds. The number of anilines is 1. The van der Waals surface area contributed by atoms with Crippen molar-refractivity contribution in [1.82, 2.24) is 0 Å². The standard InChI is InChI=1S/C21H19NO9/c1-10(23)29-20(30-11(2)24)21-9-8-14(31-21)15-16(21)18(26)22(17(15)25)13-6-4-12(5-7-13)19(27)28-3/h4-9,14-16,20H,1-3H3/t14-,15-,16-,21-/m1/s1. The first-order valence-electron chi connectivity index (χ1n) is 9.47. The predicted molar refractivity (Wildman–Crippen MR) is 101 cm³/mol. The van der Waals surface area contributed by atoms with Gasteiger partial charge in [0.2, 0.25) is 11.8 Å². The molecule has 3 aliphatic heterocycles. The Kier molecular flexibility index (Phi) is 4.89. The van der Waals surface area contributed by atoms with Gasteiger partial charge in [-0.2, -0.15) is 0 Å². The zero-order valence-electron chi connectivity index (χ0n) is 16.9. The van der Waals surface area contributed by atoms with Gasteiger partial charge in [-0.1, -0.05) is 6.08 Å². The van der Waals surface area contributed by atoms with Crippen molar-refractivity contribution >= 4 is 35.4 Å². The van der Waals surface area contributed by atoms with Gasteiger partial charge in [0.25, 0.3) is 6.29 Å². The fourth-order valence-corrected chi connectivity index (χ4v) is 4.34. The molecule has 1 aromatic rings. The second kappa shape index (κ2) is 7.31. The Morgan fingerprint density at radius 2 is 1.65 bits per heavy atom. The number of nitrogens with zero attached hydrogens (tertiary/aromatic N) is 1. The van der Waals surface area contributed by atoms with Crippen molar-refractivity contribution in [3.8, 4) is 0 Å². The molecule has 0 unspecified atom stereocenters. The van der Waals surface area contributed by atoms with Crippen molar-refractivity contribution in [1.29, 1.82) is 0 Å². The minimum Gasteiger partial charge on any atom is -0.465 e. The molecule has 3 heterocycles. The van der Waals surface area contributed by atoms with Crippen molar-refractivity contribution in [2.75, 3.05) is 12.0 Å². The largest absolute Gasteiger partial charge is 0.465 e. The lowest BCUT2D eigenvalue weighted by Crippen LogP contribution is -2.52. The number of benzene rings is 1. The molecule has 31 heavy (non-hydrogen) atoms. The van der Waals surface area contributed by atoms with Crippen LogP contribution in [0.1, 0.15) is 24.2 Å². The van der Waals surface area contributed by atoms with Gasteiger partial charge in [-0.15, -0.1) is 0 Å². The topological polar surface area (TPSA) is 126 Å². The highest BCUT2D eigenvalue weighted by Crippen LogP contribution is 2.54. The smallest absolute Gasteiger partial charge is 0.337 e. The molecular formula is C21H19NO9. The van der Waals surface area contributed by atoms with Gasteiger partial charge < -0.3 is 18.9 Å². The molecule has 4 atom stereocenters. The van der Waals surface area contributed by atoms with Gasteiger partial charge >= 0.3 is 17.9 Å². The second-order valence-corrected chi connectivity index (χ2v) is 7.40. The molecule has 3 aliphatic rings. The summed E-state index contributed by atoms with van der Waals surface area (Å²) in [6.07, 6.45) is 0.826. The van der Waals surface area contributed by atoms with E-state index in [0.717, 1.165) is 18.7 Å². The van der Waals surface area contributed by atoms with Gasteiger partial charge in [0.05, 0.1) is 36.3 Å². The third kappa shape index (κ3) is 3.10. The zero-order chi connectivity index (χ0) is 22.5. The lowest BCUT2D eigenvalue weighted by atomic mass is 9.76. The predicted octanol–water partition coefficient (Wildman–Crippen LogP) is 0.738. The number of ether oxygens (including phenoxy) is 4. The molecule has 2 bridgehead atoms.